The molecule has 0 bridgehead atoms. The van der Waals surface area contributed by atoms with Crippen molar-refractivity contribution in [2.24, 2.45) is 5.73 Å². The van der Waals surface area contributed by atoms with Crippen LogP contribution in [0.4, 0.5) is 0 Å². The zero-order valence-corrected chi connectivity index (χ0v) is 13.1. The molecule has 0 spiro atoms. The van der Waals surface area contributed by atoms with E-state index in [1.54, 1.807) is 0 Å². The van der Waals surface area contributed by atoms with E-state index in [9.17, 15) is 4.79 Å². The second kappa shape index (κ2) is 6.00. The molecule has 2 aliphatic heterocycles. The molecule has 0 atom stereocenters. The van der Waals surface area contributed by atoms with Crippen molar-refractivity contribution in [2.75, 3.05) is 26.3 Å². The predicted molar refractivity (Wildman–Crippen MR) is 79.5 cm³/mol. The van der Waals surface area contributed by atoms with E-state index in [0.29, 0.717) is 32.1 Å². The fraction of sp³-hybridized carbons (Fsp3) is 0.933. The topological polar surface area (TPSA) is 67.6 Å². The first-order valence-electron chi connectivity index (χ1n) is 7.78. The normalized spacial score (nSPS) is 26.4. The molecule has 20 heavy (non-hydrogen) atoms. The Hall–Kier alpha value is -0.650. The fourth-order valence-electron chi connectivity index (χ4n) is 3.02. The molecule has 116 valence electrons. The average Bonchev–Trinajstić information content (AvgIpc) is 2.39. The summed E-state index contributed by atoms with van der Waals surface area (Å²) < 4.78 is 5.30. The third kappa shape index (κ3) is 3.51. The van der Waals surface area contributed by atoms with Crippen molar-refractivity contribution in [3.05, 3.63) is 0 Å². The van der Waals surface area contributed by atoms with Gasteiger partial charge in [0.1, 0.15) is 0 Å². The van der Waals surface area contributed by atoms with Gasteiger partial charge in [-0.3, -0.25) is 4.79 Å². The van der Waals surface area contributed by atoms with E-state index in [-0.39, 0.29) is 11.4 Å². The van der Waals surface area contributed by atoms with Crippen molar-refractivity contribution in [3.63, 3.8) is 0 Å². The Balaban J connectivity index is 1.90. The van der Waals surface area contributed by atoms with E-state index in [2.05, 4.69) is 31.0 Å². The number of nitrogens with one attached hydrogen (secondary N) is 1. The van der Waals surface area contributed by atoms with Gasteiger partial charge in [0.25, 0.3) is 0 Å². The summed E-state index contributed by atoms with van der Waals surface area (Å²) in [6.07, 6.45) is 3.22. The number of hydrogen-bond donors (Lipinski definition) is 2. The Bertz CT molecular complexity index is 343. The third-order valence-electron chi connectivity index (χ3n) is 4.88. The number of nitrogens with zero attached hydrogens (tertiary/aromatic N) is 1. The Labute approximate surface area is 122 Å². The highest BCUT2D eigenvalue weighted by atomic mass is 16.5. The van der Waals surface area contributed by atoms with Gasteiger partial charge in [-0.1, -0.05) is 0 Å². The number of hydrogen-bond acceptors (Lipinski definition) is 4. The molecule has 0 radical (unpaired) electrons. The van der Waals surface area contributed by atoms with E-state index in [1.807, 2.05) is 0 Å². The van der Waals surface area contributed by atoms with Gasteiger partial charge in [-0.2, -0.15) is 0 Å². The van der Waals surface area contributed by atoms with Crippen LogP contribution in [0.5, 0.6) is 0 Å². The van der Waals surface area contributed by atoms with Crippen molar-refractivity contribution >= 4 is 5.91 Å². The number of carbonyl (C=O) groups is 1. The molecule has 0 aromatic rings. The number of rotatable bonds is 3. The lowest BCUT2D eigenvalue weighted by atomic mass is 9.85. The minimum Gasteiger partial charge on any atom is -0.381 e. The third-order valence-corrected chi connectivity index (χ3v) is 4.88. The highest BCUT2D eigenvalue weighted by Gasteiger charge is 2.40. The van der Waals surface area contributed by atoms with Crippen LogP contribution in [0.15, 0.2) is 0 Å². The summed E-state index contributed by atoms with van der Waals surface area (Å²) in [5.41, 5.74) is 5.39. The van der Waals surface area contributed by atoms with Crippen LogP contribution in [0.1, 0.15) is 46.5 Å². The first-order chi connectivity index (χ1) is 9.35. The van der Waals surface area contributed by atoms with Crippen LogP contribution in [0.2, 0.25) is 0 Å². The minimum absolute atomic E-state index is 0.00120. The maximum atomic E-state index is 12.5. The van der Waals surface area contributed by atoms with Gasteiger partial charge in [-0.05, 0) is 46.5 Å². The smallest absolute Gasteiger partial charge is 0.240 e. The van der Waals surface area contributed by atoms with E-state index in [0.717, 1.165) is 25.9 Å². The molecule has 3 N–H and O–H groups in total. The van der Waals surface area contributed by atoms with E-state index >= 15 is 0 Å². The number of likely N-dealkylation sites (tertiary alicyclic amines) is 1. The van der Waals surface area contributed by atoms with E-state index in [4.69, 9.17) is 10.5 Å². The molecule has 2 fully saturated rings. The van der Waals surface area contributed by atoms with Gasteiger partial charge in [0.05, 0.1) is 5.54 Å². The quantitative estimate of drug-likeness (QED) is 0.806. The van der Waals surface area contributed by atoms with Crippen molar-refractivity contribution < 1.29 is 9.53 Å². The van der Waals surface area contributed by atoms with Crippen LogP contribution >= 0.6 is 0 Å². The average molecular weight is 283 g/mol. The molecule has 1 amide bonds. The summed E-state index contributed by atoms with van der Waals surface area (Å²) in [7, 11) is 0. The molecule has 0 aliphatic carbocycles. The van der Waals surface area contributed by atoms with Gasteiger partial charge in [0.2, 0.25) is 5.91 Å². The lowest BCUT2D eigenvalue weighted by molar-refractivity contribution is -0.132. The lowest BCUT2D eigenvalue weighted by Gasteiger charge is -2.43. The maximum Gasteiger partial charge on any atom is 0.240 e. The maximum absolute atomic E-state index is 12.5. The molecule has 2 aliphatic rings. The van der Waals surface area contributed by atoms with Crippen LogP contribution in [-0.4, -0.2) is 54.2 Å². The Morgan fingerprint density at radius 1 is 1.20 bits per heavy atom. The summed E-state index contributed by atoms with van der Waals surface area (Å²) in [4.78, 5) is 15.0. The predicted octanol–water partition coefficient (Wildman–Crippen LogP) is 0.873. The standard InChI is InChI=1S/C15H29N3O2/c1-12(2)18-8-4-14(3,5-9-18)17-13(19)15(16)6-10-20-11-7-15/h12H,4-11,16H2,1-3H3,(H,17,19). The summed E-state index contributed by atoms with van der Waals surface area (Å²) in [5, 5.41) is 3.22. The Morgan fingerprint density at radius 3 is 2.25 bits per heavy atom. The first kappa shape index (κ1) is 15.7. The number of ether oxygens (including phenoxy) is 1. The van der Waals surface area contributed by atoms with Crippen LogP contribution in [0, 0.1) is 0 Å². The van der Waals surface area contributed by atoms with Gasteiger partial charge < -0.3 is 20.7 Å². The SMILES string of the molecule is CC(C)N1CCC(C)(NC(=O)C2(N)CCOCC2)CC1. The largest absolute Gasteiger partial charge is 0.381 e. The number of carbonyl (C=O) groups excluding carboxylic acids is 1. The number of piperidine rings is 1. The number of nitrogens with two attached hydrogens (primary N) is 1. The van der Waals surface area contributed by atoms with E-state index < -0.39 is 5.54 Å². The zero-order valence-electron chi connectivity index (χ0n) is 13.1. The second-order valence-corrected chi connectivity index (χ2v) is 6.91. The molecule has 5 heteroatoms. The van der Waals surface area contributed by atoms with Crippen molar-refractivity contribution in [1.82, 2.24) is 10.2 Å². The first-order valence-corrected chi connectivity index (χ1v) is 7.78. The highest BCUT2D eigenvalue weighted by Crippen LogP contribution is 2.25. The molecule has 0 saturated carbocycles. The van der Waals surface area contributed by atoms with Crippen molar-refractivity contribution in [1.29, 1.82) is 0 Å². The number of amides is 1. The molecule has 2 heterocycles. The van der Waals surface area contributed by atoms with Crippen LogP contribution in [-0.2, 0) is 9.53 Å². The van der Waals surface area contributed by atoms with Gasteiger partial charge >= 0.3 is 0 Å². The Morgan fingerprint density at radius 2 is 1.75 bits per heavy atom. The summed E-state index contributed by atoms with van der Waals surface area (Å²) in [5.74, 6) is 0.00120. The van der Waals surface area contributed by atoms with E-state index in [1.165, 1.54) is 0 Å². The van der Waals surface area contributed by atoms with Crippen LogP contribution < -0.4 is 11.1 Å². The minimum atomic E-state index is -0.740. The summed E-state index contributed by atoms with van der Waals surface area (Å²) in [6.45, 7) is 9.83. The molecule has 0 aromatic carbocycles. The monoisotopic (exact) mass is 283 g/mol. The van der Waals surface area contributed by atoms with Crippen LogP contribution in [0.3, 0.4) is 0 Å². The zero-order chi connectivity index (χ0) is 14.8. The molecule has 5 nitrogen and oxygen atoms in total. The molecule has 0 unspecified atom stereocenters. The lowest BCUT2D eigenvalue weighted by Crippen LogP contribution is -2.63. The molecule has 2 saturated heterocycles. The van der Waals surface area contributed by atoms with Crippen LogP contribution in [0.25, 0.3) is 0 Å². The fourth-order valence-corrected chi connectivity index (χ4v) is 3.02. The van der Waals surface area contributed by atoms with Gasteiger partial charge in [-0.25, -0.2) is 0 Å². The summed E-state index contributed by atoms with van der Waals surface area (Å²) >= 11 is 0. The highest BCUT2D eigenvalue weighted by molar-refractivity contribution is 5.86. The summed E-state index contributed by atoms with van der Waals surface area (Å²) in [6, 6.07) is 0.576. The van der Waals surface area contributed by atoms with Gasteiger partial charge in [0.15, 0.2) is 0 Å². The van der Waals surface area contributed by atoms with Gasteiger partial charge in [-0.15, -0.1) is 0 Å². The second-order valence-electron chi connectivity index (χ2n) is 6.91. The van der Waals surface area contributed by atoms with Crippen molar-refractivity contribution in [2.45, 2.75) is 63.6 Å². The molecular formula is C15H29N3O2. The van der Waals surface area contributed by atoms with Crippen molar-refractivity contribution in [3.8, 4) is 0 Å². The molecule has 2 rings (SSSR count). The molecule has 0 aromatic heterocycles. The molecular weight excluding hydrogens is 254 g/mol. The van der Waals surface area contributed by atoms with Gasteiger partial charge in [0, 0.05) is 37.9 Å². The Kier molecular flexibility index (Phi) is 4.72.